The first-order chi connectivity index (χ1) is 7.13. The van der Waals surface area contributed by atoms with Gasteiger partial charge in [-0.1, -0.05) is 0 Å². The topological polar surface area (TPSA) is 56.1 Å². The highest BCUT2D eigenvalue weighted by Crippen LogP contribution is 1.96. The Kier molecular flexibility index (Phi) is 4.30. The van der Waals surface area contributed by atoms with E-state index in [1.807, 2.05) is 13.2 Å². The zero-order valence-corrected chi connectivity index (χ0v) is 9.36. The Bertz CT molecular complexity index is 322. The molecule has 1 rings (SSSR count). The second kappa shape index (κ2) is 5.50. The summed E-state index contributed by atoms with van der Waals surface area (Å²) < 4.78 is 6.64. The molecule has 15 heavy (non-hydrogen) atoms. The van der Waals surface area contributed by atoms with Crippen LogP contribution in [0.5, 0.6) is 0 Å². The van der Waals surface area contributed by atoms with E-state index in [4.69, 9.17) is 4.74 Å². The second-order valence-electron chi connectivity index (χ2n) is 3.44. The Morgan fingerprint density at radius 2 is 2.47 bits per heavy atom. The number of amides is 1. The maximum Gasteiger partial charge on any atom is 0.248 e. The van der Waals surface area contributed by atoms with Crippen LogP contribution < -0.4 is 5.32 Å². The van der Waals surface area contributed by atoms with Crippen LogP contribution >= 0.6 is 0 Å². The van der Waals surface area contributed by atoms with Crippen LogP contribution in [0.25, 0.3) is 0 Å². The highest BCUT2D eigenvalue weighted by molar-refractivity contribution is 5.80. The first kappa shape index (κ1) is 11.7. The zero-order chi connectivity index (χ0) is 11.3. The summed E-state index contributed by atoms with van der Waals surface area (Å²) in [6.07, 6.45) is 4.13. The summed E-state index contributed by atoms with van der Waals surface area (Å²) in [6, 6.07) is 0. The molecule has 84 valence electrons. The van der Waals surface area contributed by atoms with E-state index in [9.17, 15) is 4.79 Å². The fourth-order valence-electron chi connectivity index (χ4n) is 1.18. The number of carbonyl (C=O) groups excluding carboxylic acids is 1. The van der Waals surface area contributed by atoms with Gasteiger partial charge in [-0.05, 0) is 18.9 Å². The molecule has 1 atom stereocenters. The summed E-state index contributed by atoms with van der Waals surface area (Å²) in [6.45, 7) is 2.33. The van der Waals surface area contributed by atoms with E-state index in [1.165, 1.54) is 7.11 Å². The number of aryl methyl sites for hydroxylation is 1. The summed E-state index contributed by atoms with van der Waals surface area (Å²) in [5, 5.41) is 6.84. The van der Waals surface area contributed by atoms with Crippen molar-refractivity contribution in [3.8, 4) is 0 Å². The lowest BCUT2D eigenvalue weighted by Crippen LogP contribution is -2.35. The number of rotatable bonds is 5. The molecule has 1 heterocycles. The number of aromatic nitrogens is 2. The third-order valence-corrected chi connectivity index (χ3v) is 2.19. The van der Waals surface area contributed by atoms with Gasteiger partial charge >= 0.3 is 0 Å². The van der Waals surface area contributed by atoms with Crippen molar-refractivity contribution in [1.29, 1.82) is 0 Å². The van der Waals surface area contributed by atoms with Gasteiger partial charge in [0.05, 0.1) is 6.20 Å². The number of ether oxygens (including phenoxy) is 1. The molecule has 1 amide bonds. The van der Waals surface area contributed by atoms with Gasteiger partial charge in [0.25, 0.3) is 0 Å². The van der Waals surface area contributed by atoms with E-state index >= 15 is 0 Å². The molecule has 0 radical (unpaired) electrons. The van der Waals surface area contributed by atoms with E-state index in [2.05, 4.69) is 10.4 Å². The minimum atomic E-state index is -0.390. The summed E-state index contributed by atoms with van der Waals surface area (Å²) in [4.78, 5) is 11.3. The van der Waals surface area contributed by atoms with Gasteiger partial charge in [0, 0.05) is 26.9 Å². The molecule has 0 aliphatic rings. The second-order valence-corrected chi connectivity index (χ2v) is 3.44. The van der Waals surface area contributed by atoms with Crippen molar-refractivity contribution in [3.05, 3.63) is 18.0 Å². The monoisotopic (exact) mass is 211 g/mol. The van der Waals surface area contributed by atoms with Gasteiger partial charge in [-0.2, -0.15) is 5.10 Å². The molecule has 0 aliphatic heterocycles. The van der Waals surface area contributed by atoms with Gasteiger partial charge in [0.2, 0.25) is 5.91 Å². The van der Waals surface area contributed by atoms with Crippen LogP contribution in [0.4, 0.5) is 0 Å². The summed E-state index contributed by atoms with van der Waals surface area (Å²) in [7, 11) is 3.39. The Hall–Kier alpha value is -1.36. The number of nitrogens with one attached hydrogen (secondary N) is 1. The fraction of sp³-hybridized carbons (Fsp3) is 0.600. The lowest BCUT2D eigenvalue weighted by Gasteiger charge is -2.09. The quantitative estimate of drug-likeness (QED) is 0.752. The van der Waals surface area contributed by atoms with Crippen LogP contribution in [0, 0.1) is 0 Å². The molecule has 0 aliphatic carbocycles. The van der Waals surface area contributed by atoms with Crippen molar-refractivity contribution in [2.45, 2.75) is 19.4 Å². The molecule has 0 spiro atoms. The predicted molar refractivity (Wildman–Crippen MR) is 56.4 cm³/mol. The molecule has 1 aromatic heterocycles. The van der Waals surface area contributed by atoms with Crippen LogP contribution in [0.15, 0.2) is 12.4 Å². The Morgan fingerprint density at radius 1 is 1.73 bits per heavy atom. The van der Waals surface area contributed by atoms with E-state index in [1.54, 1.807) is 17.8 Å². The molecule has 0 bridgehead atoms. The van der Waals surface area contributed by atoms with Crippen molar-refractivity contribution in [2.75, 3.05) is 13.7 Å². The zero-order valence-electron chi connectivity index (χ0n) is 9.36. The van der Waals surface area contributed by atoms with Gasteiger partial charge in [-0.25, -0.2) is 0 Å². The summed E-state index contributed by atoms with van der Waals surface area (Å²) in [5.74, 6) is -0.0820. The largest absolute Gasteiger partial charge is 0.372 e. The van der Waals surface area contributed by atoms with Gasteiger partial charge < -0.3 is 10.1 Å². The molecule has 0 saturated heterocycles. The lowest BCUT2D eigenvalue weighted by molar-refractivity contribution is -0.129. The predicted octanol–water partition coefficient (Wildman–Crippen LogP) is 0.114. The first-order valence-electron chi connectivity index (χ1n) is 4.91. The third kappa shape index (κ3) is 3.71. The fourth-order valence-corrected chi connectivity index (χ4v) is 1.18. The SMILES string of the molecule is COC(C)C(=O)NCCc1cnn(C)c1. The molecule has 0 fully saturated rings. The standard InChI is InChI=1S/C10H17N3O2/c1-8(15-3)10(14)11-5-4-9-6-12-13(2)7-9/h6-8H,4-5H2,1-3H3,(H,11,14). The Morgan fingerprint density at radius 3 is 3.00 bits per heavy atom. The molecule has 1 aromatic rings. The minimum absolute atomic E-state index is 0.0820. The summed E-state index contributed by atoms with van der Waals surface area (Å²) >= 11 is 0. The van der Waals surface area contributed by atoms with Crippen LogP contribution in [0.3, 0.4) is 0 Å². The Balaban J connectivity index is 2.24. The molecular weight excluding hydrogens is 194 g/mol. The van der Waals surface area contributed by atoms with E-state index in [0.29, 0.717) is 6.54 Å². The molecule has 0 saturated carbocycles. The number of nitrogens with zero attached hydrogens (tertiary/aromatic N) is 2. The van der Waals surface area contributed by atoms with Crippen molar-refractivity contribution in [3.63, 3.8) is 0 Å². The highest BCUT2D eigenvalue weighted by Gasteiger charge is 2.09. The number of hydrogen-bond acceptors (Lipinski definition) is 3. The van der Waals surface area contributed by atoms with Crippen LogP contribution in [-0.4, -0.2) is 35.4 Å². The number of carbonyl (C=O) groups is 1. The van der Waals surface area contributed by atoms with Crippen molar-refractivity contribution < 1.29 is 9.53 Å². The van der Waals surface area contributed by atoms with Gasteiger partial charge in [0.15, 0.2) is 0 Å². The first-order valence-corrected chi connectivity index (χ1v) is 4.91. The molecule has 1 unspecified atom stereocenters. The third-order valence-electron chi connectivity index (χ3n) is 2.19. The molecule has 5 heteroatoms. The van der Waals surface area contributed by atoms with Gasteiger partial charge in [-0.15, -0.1) is 0 Å². The normalized spacial score (nSPS) is 12.5. The maximum atomic E-state index is 11.3. The van der Waals surface area contributed by atoms with Crippen LogP contribution in [-0.2, 0) is 23.0 Å². The van der Waals surface area contributed by atoms with E-state index < -0.39 is 0 Å². The highest BCUT2D eigenvalue weighted by atomic mass is 16.5. The van der Waals surface area contributed by atoms with Gasteiger partial charge in [-0.3, -0.25) is 9.48 Å². The van der Waals surface area contributed by atoms with Crippen molar-refractivity contribution >= 4 is 5.91 Å². The number of hydrogen-bond donors (Lipinski definition) is 1. The maximum absolute atomic E-state index is 11.3. The summed E-state index contributed by atoms with van der Waals surface area (Å²) in [5.41, 5.74) is 1.11. The number of methoxy groups -OCH3 is 1. The lowest BCUT2D eigenvalue weighted by atomic mass is 10.2. The minimum Gasteiger partial charge on any atom is -0.372 e. The Labute approximate surface area is 89.4 Å². The van der Waals surface area contributed by atoms with Crippen molar-refractivity contribution in [1.82, 2.24) is 15.1 Å². The molecule has 5 nitrogen and oxygen atoms in total. The molecular formula is C10H17N3O2. The molecule has 1 N–H and O–H groups in total. The van der Waals surface area contributed by atoms with Gasteiger partial charge in [0.1, 0.15) is 6.10 Å². The van der Waals surface area contributed by atoms with Crippen molar-refractivity contribution in [2.24, 2.45) is 7.05 Å². The van der Waals surface area contributed by atoms with Crippen LogP contribution in [0.2, 0.25) is 0 Å². The average molecular weight is 211 g/mol. The van der Waals surface area contributed by atoms with E-state index in [0.717, 1.165) is 12.0 Å². The molecule has 0 aromatic carbocycles. The van der Waals surface area contributed by atoms with E-state index in [-0.39, 0.29) is 12.0 Å². The smallest absolute Gasteiger partial charge is 0.248 e. The average Bonchev–Trinajstić information content (AvgIpc) is 2.63. The van der Waals surface area contributed by atoms with Crippen LogP contribution in [0.1, 0.15) is 12.5 Å².